The van der Waals surface area contributed by atoms with Crippen LogP contribution in [0.5, 0.6) is 0 Å². The first-order chi connectivity index (χ1) is 12.2. The van der Waals surface area contributed by atoms with Crippen LogP contribution in [-0.2, 0) is 23.9 Å². The van der Waals surface area contributed by atoms with E-state index in [2.05, 4.69) is 20.0 Å². The zero-order chi connectivity index (χ0) is 17.3. The van der Waals surface area contributed by atoms with Crippen LogP contribution in [0.4, 0.5) is 0 Å². The third-order valence-corrected chi connectivity index (χ3v) is 5.36. The average Bonchev–Trinajstić information content (AvgIpc) is 3.37. The summed E-state index contributed by atoms with van der Waals surface area (Å²) in [5, 5.41) is 4.50. The van der Waals surface area contributed by atoms with Gasteiger partial charge >= 0.3 is 0 Å². The summed E-state index contributed by atoms with van der Waals surface area (Å²) in [5.74, 6) is 0.180. The lowest BCUT2D eigenvalue weighted by Crippen LogP contribution is -2.54. The van der Waals surface area contributed by atoms with Gasteiger partial charge in [0.1, 0.15) is 5.54 Å². The van der Waals surface area contributed by atoms with E-state index < -0.39 is 5.54 Å². The van der Waals surface area contributed by atoms with Crippen LogP contribution in [0, 0.1) is 0 Å². The predicted molar refractivity (Wildman–Crippen MR) is 92.4 cm³/mol. The molecule has 0 radical (unpaired) electrons. The molecule has 25 heavy (non-hydrogen) atoms. The Morgan fingerprint density at radius 1 is 1.20 bits per heavy atom. The summed E-state index contributed by atoms with van der Waals surface area (Å²) in [4.78, 5) is 26.6. The lowest BCUT2D eigenvalue weighted by Gasteiger charge is -2.38. The number of likely N-dealkylation sites (tertiary alicyclic amines) is 2. The largest absolute Gasteiger partial charge is 0.341 e. The molecule has 4 rings (SSSR count). The predicted octanol–water partition coefficient (Wildman–Crippen LogP) is 1.32. The Morgan fingerprint density at radius 2 is 2.04 bits per heavy atom. The summed E-state index contributed by atoms with van der Waals surface area (Å²) in [6.45, 7) is 3.21. The van der Waals surface area contributed by atoms with Crippen molar-refractivity contribution >= 4 is 5.91 Å². The van der Waals surface area contributed by atoms with Gasteiger partial charge in [0.2, 0.25) is 5.91 Å². The third kappa shape index (κ3) is 2.82. The molecule has 2 aliphatic rings. The van der Waals surface area contributed by atoms with Gasteiger partial charge in [-0.2, -0.15) is 5.10 Å². The molecule has 132 valence electrons. The minimum absolute atomic E-state index is 0.180. The van der Waals surface area contributed by atoms with Crippen LogP contribution in [0.2, 0.25) is 0 Å². The normalized spacial score (nSPS) is 24.1. The lowest BCUT2D eigenvalue weighted by atomic mass is 9.90. The topological polar surface area (TPSA) is 67.2 Å². The molecule has 2 fully saturated rings. The quantitative estimate of drug-likeness (QED) is 0.840. The number of rotatable bonds is 4. The molecular weight excluding hydrogens is 316 g/mol. The number of aryl methyl sites for hydroxylation is 1. The van der Waals surface area contributed by atoms with Gasteiger partial charge in [0.15, 0.2) is 0 Å². The molecule has 0 aliphatic carbocycles. The molecule has 0 bridgehead atoms. The fourth-order valence-electron chi connectivity index (χ4n) is 4.17. The van der Waals surface area contributed by atoms with Crippen molar-refractivity contribution in [2.75, 3.05) is 19.6 Å². The minimum atomic E-state index is -0.712. The van der Waals surface area contributed by atoms with Gasteiger partial charge in [-0.1, -0.05) is 0 Å². The van der Waals surface area contributed by atoms with E-state index in [1.807, 2.05) is 24.2 Å². The van der Waals surface area contributed by atoms with E-state index in [9.17, 15) is 4.79 Å². The molecule has 7 nitrogen and oxygen atoms in total. The van der Waals surface area contributed by atoms with Crippen LogP contribution in [0.15, 0.2) is 30.9 Å². The second-order valence-electron chi connectivity index (χ2n) is 6.96. The Bertz CT molecular complexity index is 739. The van der Waals surface area contributed by atoms with Gasteiger partial charge in [-0.25, -0.2) is 0 Å². The highest BCUT2D eigenvalue weighted by molar-refractivity contribution is 5.87. The number of hydrogen-bond acceptors (Lipinski definition) is 5. The monoisotopic (exact) mass is 340 g/mol. The molecule has 1 unspecified atom stereocenters. The van der Waals surface area contributed by atoms with E-state index in [4.69, 9.17) is 0 Å². The molecule has 2 saturated heterocycles. The molecule has 0 saturated carbocycles. The Balaban J connectivity index is 1.72. The van der Waals surface area contributed by atoms with Crippen molar-refractivity contribution in [3.05, 3.63) is 42.2 Å². The van der Waals surface area contributed by atoms with Crippen molar-refractivity contribution < 1.29 is 4.79 Å². The number of hydrogen-bond donors (Lipinski definition) is 0. The molecule has 4 heterocycles. The molecule has 2 aromatic heterocycles. The van der Waals surface area contributed by atoms with E-state index in [-0.39, 0.29) is 5.91 Å². The van der Waals surface area contributed by atoms with E-state index in [0.29, 0.717) is 6.54 Å². The van der Waals surface area contributed by atoms with Gasteiger partial charge in [-0.05, 0) is 31.7 Å². The zero-order valence-corrected chi connectivity index (χ0v) is 14.6. The van der Waals surface area contributed by atoms with Gasteiger partial charge in [-0.3, -0.25) is 24.3 Å². The van der Waals surface area contributed by atoms with E-state index >= 15 is 0 Å². The Kier molecular flexibility index (Phi) is 4.25. The smallest absolute Gasteiger partial charge is 0.249 e. The maximum Gasteiger partial charge on any atom is 0.249 e. The summed E-state index contributed by atoms with van der Waals surface area (Å²) < 4.78 is 1.80. The van der Waals surface area contributed by atoms with E-state index in [0.717, 1.165) is 56.7 Å². The summed E-state index contributed by atoms with van der Waals surface area (Å²) in [6, 6.07) is 2.01. The molecule has 0 aromatic carbocycles. The van der Waals surface area contributed by atoms with Crippen LogP contribution in [0.1, 0.15) is 37.1 Å². The lowest BCUT2D eigenvalue weighted by molar-refractivity contribution is -0.143. The fraction of sp³-hybridized carbons (Fsp3) is 0.556. The first-order valence-electron chi connectivity index (χ1n) is 8.99. The van der Waals surface area contributed by atoms with Crippen LogP contribution in [0.3, 0.4) is 0 Å². The van der Waals surface area contributed by atoms with Crippen LogP contribution < -0.4 is 0 Å². The van der Waals surface area contributed by atoms with E-state index in [1.54, 1.807) is 23.3 Å². The van der Waals surface area contributed by atoms with Crippen molar-refractivity contribution in [1.29, 1.82) is 0 Å². The second kappa shape index (κ2) is 6.55. The standard InChI is InChI=1S/C18H24N6O/c1-22-12-5-15(21-22)14-24-11-4-6-18(24,16-13-19-7-8-20-16)17(25)23-9-2-3-10-23/h5,7-8,12-13H,2-4,6,9-11,14H2,1H3. The van der Waals surface area contributed by atoms with Crippen molar-refractivity contribution in [3.8, 4) is 0 Å². The Labute approximate surface area is 147 Å². The van der Waals surface area contributed by atoms with Gasteiger partial charge in [0, 0.05) is 51.8 Å². The first kappa shape index (κ1) is 16.2. The Hall–Kier alpha value is -2.28. The summed E-state index contributed by atoms with van der Waals surface area (Å²) in [7, 11) is 1.92. The van der Waals surface area contributed by atoms with E-state index in [1.165, 1.54) is 0 Å². The number of carbonyl (C=O) groups excluding carboxylic acids is 1. The molecule has 0 N–H and O–H groups in total. The third-order valence-electron chi connectivity index (χ3n) is 5.36. The van der Waals surface area contributed by atoms with Gasteiger partial charge in [0.05, 0.1) is 17.6 Å². The van der Waals surface area contributed by atoms with Gasteiger partial charge < -0.3 is 4.90 Å². The Morgan fingerprint density at radius 3 is 2.72 bits per heavy atom. The van der Waals surface area contributed by atoms with Gasteiger partial charge in [0.25, 0.3) is 0 Å². The first-order valence-corrected chi connectivity index (χ1v) is 8.99. The molecule has 2 aromatic rings. The maximum absolute atomic E-state index is 13.6. The molecule has 7 heteroatoms. The number of carbonyl (C=O) groups is 1. The number of nitrogens with zero attached hydrogens (tertiary/aromatic N) is 6. The molecule has 1 atom stereocenters. The molecular formula is C18H24N6O. The minimum Gasteiger partial charge on any atom is -0.341 e. The second-order valence-corrected chi connectivity index (χ2v) is 6.96. The highest BCUT2D eigenvalue weighted by Gasteiger charge is 2.52. The molecule has 2 aliphatic heterocycles. The van der Waals surface area contributed by atoms with Crippen LogP contribution in [-0.4, -0.2) is 55.1 Å². The van der Waals surface area contributed by atoms with Crippen molar-refractivity contribution in [3.63, 3.8) is 0 Å². The highest BCUT2D eigenvalue weighted by atomic mass is 16.2. The number of amides is 1. The summed E-state index contributed by atoms with van der Waals surface area (Å²) in [5.41, 5.74) is 1.03. The molecule has 1 amide bonds. The molecule has 0 spiro atoms. The average molecular weight is 340 g/mol. The number of aromatic nitrogens is 4. The van der Waals surface area contributed by atoms with Crippen molar-refractivity contribution in [1.82, 2.24) is 29.5 Å². The maximum atomic E-state index is 13.6. The zero-order valence-electron chi connectivity index (χ0n) is 14.6. The van der Waals surface area contributed by atoms with Gasteiger partial charge in [-0.15, -0.1) is 0 Å². The highest BCUT2D eigenvalue weighted by Crippen LogP contribution is 2.41. The summed E-state index contributed by atoms with van der Waals surface area (Å²) >= 11 is 0. The van der Waals surface area contributed by atoms with Crippen LogP contribution >= 0.6 is 0 Å². The van der Waals surface area contributed by atoms with Crippen LogP contribution in [0.25, 0.3) is 0 Å². The fourth-order valence-corrected chi connectivity index (χ4v) is 4.17. The summed E-state index contributed by atoms with van der Waals surface area (Å²) in [6.07, 6.45) is 11.0. The SMILES string of the molecule is Cn1ccc(CN2CCCC2(C(=O)N2CCCC2)c2cnccn2)n1. The van der Waals surface area contributed by atoms with Crippen molar-refractivity contribution in [2.24, 2.45) is 7.05 Å². The van der Waals surface area contributed by atoms with Crippen molar-refractivity contribution in [2.45, 2.75) is 37.8 Å².